The van der Waals surface area contributed by atoms with Crippen LogP contribution in [0.2, 0.25) is 0 Å². The first-order valence-corrected chi connectivity index (χ1v) is 5.62. The van der Waals surface area contributed by atoms with Gasteiger partial charge in [0.25, 0.3) is 0 Å². The molecule has 4 nitrogen and oxygen atoms in total. The van der Waals surface area contributed by atoms with E-state index < -0.39 is 0 Å². The van der Waals surface area contributed by atoms with E-state index in [1.165, 1.54) is 31.6 Å². The Morgan fingerprint density at radius 3 is 2.60 bits per heavy atom. The highest BCUT2D eigenvalue weighted by Crippen LogP contribution is 2.26. The van der Waals surface area contributed by atoms with Crippen molar-refractivity contribution in [1.82, 2.24) is 14.7 Å². The van der Waals surface area contributed by atoms with Crippen LogP contribution >= 0.6 is 0 Å². The van der Waals surface area contributed by atoms with Crippen molar-refractivity contribution in [1.29, 1.82) is 0 Å². The van der Waals surface area contributed by atoms with Crippen LogP contribution in [-0.2, 0) is 13.6 Å². The van der Waals surface area contributed by atoms with Crippen molar-refractivity contribution in [2.75, 3.05) is 20.1 Å². The second-order valence-corrected chi connectivity index (χ2v) is 4.47. The lowest BCUT2D eigenvalue weighted by Crippen LogP contribution is -2.29. The molecular weight excluding hydrogens is 188 g/mol. The number of aromatic nitrogens is 2. The first-order valence-electron chi connectivity index (χ1n) is 5.62. The second kappa shape index (κ2) is 4.33. The summed E-state index contributed by atoms with van der Waals surface area (Å²) in [5.41, 5.74) is 8.00. The van der Waals surface area contributed by atoms with Gasteiger partial charge in [0.05, 0.1) is 11.4 Å². The molecule has 1 aliphatic rings. The molecule has 0 unspecified atom stereocenters. The molecule has 2 rings (SSSR count). The third-order valence-electron chi connectivity index (χ3n) is 3.34. The summed E-state index contributed by atoms with van der Waals surface area (Å²) in [5.74, 6) is 0.632. The van der Waals surface area contributed by atoms with Crippen molar-refractivity contribution in [3.8, 4) is 0 Å². The van der Waals surface area contributed by atoms with E-state index in [9.17, 15) is 0 Å². The molecule has 4 heteroatoms. The normalized spacial score (nSPS) is 19.7. The van der Waals surface area contributed by atoms with E-state index in [0.717, 1.165) is 5.69 Å². The molecule has 0 spiro atoms. The SMILES string of the molecule is CN1CCC(c2cc(CN)n(C)n2)CC1. The highest BCUT2D eigenvalue weighted by atomic mass is 15.3. The number of rotatable bonds is 2. The standard InChI is InChI=1S/C11H20N4/c1-14-5-3-9(4-6-14)11-7-10(8-12)15(2)13-11/h7,9H,3-6,8,12H2,1-2H3. The summed E-state index contributed by atoms with van der Waals surface area (Å²) in [5, 5.41) is 4.55. The molecular formula is C11H20N4. The molecule has 2 N–H and O–H groups in total. The van der Waals surface area contributed by atoms with Crippen LogP contribution in [0, 0.1) is 0 Å². The van der Waals surface area contributed by atoms with Crippen LogP contribution in [0.4, 0.5) is 0 Å². The van der Waals surface area contributed by atoms with Gasteiger partial charge in [-0.1, -0.05) is 0 Å². The lowest BCUT2D eigenvalue weighted by Gasteiger charge is -2.27. The van der Waals surface area contributed by atoms with E-state index in [4.69, 9.17) is 5.73 Å². The molecule has 15 heavy (non-hydrogen) atoms. The van der Waals surface area contributed by atoms with Gasteiger partial charge in [-0.3, -0.25) is 4.68 Å². The summed E-state index contributed by atoms with van der Waals surface area (Å²) < 4.78 is 1.91. The van der Waals surface area contributed by atoms with E-state index in [2.05, 4.69) is 23.1 Å². The summed E-state index contributed by atoms with van der Waals surface area (Å²) in [6.45, 7) is 2.94. The topological polar surface area (TPSA) is 47.1 Å². The summed E-state index contributed by atoms with van der Waals surface area (Å²) >= 11 is 0. The van der Waals surface area contributed by atoms with E-state index >= 15 is 0 Å². The Morgan fingerprint density at radius 2 is 2.07 bits per heavy atom. The largest absolute Gasteiger partial charge is 0.325 e. The second-order valence-electron chi connectivity index (χ2n) is 4.47. The van der Waals surface area contributed by atoms with E-state index in [1.54, 1.807) is 0 Å². The van der Waals surface area contributed by atoms with Crippen molar-refractivity contribution < 1.29 is 0 Å². The number of hydrogen-bond acceptors (Lipinski definition) is 3. The lowest BCUT2D eigenvalue weighted by molar-refractivity contribution is 0.253. The number of nitrogens with zero attached hydrogens (tertiary/aromatic N) is 3. The molecule has 0 aromatic carbocycles. The summed E-state index contributed by atoms with van der Waals surface area (Å²) in [7, 11) is 4.15. The summed E-state index contributed by atoms with van der Waals surface area (Å²) in [6.07, 6.45) is 2.44. The molecule has 1 aliphatic heterocycles. The van der Waals surface area contributed by atoms with Crippen molar-refractivity contribution in [2.24, 2.45) is 12.8 Å². The minimum atomic E-state index is 0.579. The Kier molecular flexibility index (Phi) is 3.07. The predicted molar refractivity (Wildman–Crippen MR) is 60.6 cm³/mol. The Hall–Kier alpha value is -0.870. The van der Waals surface area contributed by atoms with E-state index in [1.807, 2.05) is 11.7 Å². The zero-order chi connectivity index (χ0) is 10.8. The Balaban J connectivity index is 2.09. The molecule has 0 radical (unpaired) electrons. The van der Waals surface area contributed by atoms with Crippen molar-refractivity contribution >= 4 is 0 Å². The smallest absolute Gasteiger partial charge is 0.0659 e. The van der Waals surface area contributed by atoms with Gasteiger partial charge in [-0.2, -0.15) is 5.10 Å². The van der Waals surface area contributed by atoms with Crippen LogP contribution in [0.15, 0.2) is 6.07 Å². The monoisotopic (exact) mass is 208 g/mol. The Labute approximate surface area is 91.1 Å². The third-order valence-corrected chi connectivity index (χ3v) is 3.34. The lowest BCUT2D eigenvalue weighted by atomic mass is 9.94. The van der Waals surface area contributed by atoms with Gasteiger partial charge in [0.15, 0.2) is 0 Å². The fourth-order valence-electron chi connectivity index (χ4n) is 2.23. The number of piperidine rings is 1. The maximum absolute atomic E-state index is 5.65. The quantitative estimate of drug-likeness (QED) is 0.778. The van der Waals surface area contributed by atoms with Crippen LogP contribution in [0.1, 0.15) is 30.1 Å². The van der Waals surface area contributed by atoms with Gasteiger partial charge in [-0.25, -0.2) is 0 Å². The van der Waals surface area contributed by atoms with Gasteiger partial charge in [-0.15, -0.1) is 0 Å². The Bertz CT molecular complexity index is 323. The predicted octanol–water partition coefficient (Wildman–Crippen LogP) is 0.688. The van der Waals surface area contributed by atoms with E-state index in [-0.39, 0.29) is 0 Å². The summed E-state index contributed by atoms with van der Waals surface area (Å²) in [6, 6.07) is 2.16. The Morgan fingerprint density at radius 1 is 1.40 bits per heavy atom. The van der Waals surface area contributed by atoms with Crippen LogP contribution in [-0.4, -0.2) is 34.8 Å². The van der Waals surface area contributed by atoms with Crippen LogP contribution in [0.3, 0.4) is 0 Å². The van der Waals surface area contributed by atoms with Crippen LogP contribution in [0.5, 0.6) is 0 Å². The summed E-state index contributed by atoms with van der Waals surface area (Å²) in [4.78, 5) is 2.38. The average Bonchev–Trinajstić information content (AvgIpc) is 2.61. The number of aryl methyl sites for hydroxylation is 1. The highest BCUT2D eigenvalue weighted by molar-refractivity contribution is 5.15. The maximum atomic E-state index is 5.65. The minimum Gasteiger partial charge on any atom is -0.325 e. The van der Waals surface area contributed by atoms with Crippen LogP contribution in [0.25, 0.3) is 0 Å². The zero-order valence-corrected chi connectivity index (χ0v) is 9.61. The molecule has 84 valence electrons. The fraction of sp³-hybridized carbons (Fsp3) is 0.727. The zero-order valence-electron chi connectivity index (χ0n) is 9.61. The minimum absolute atomic E-state index is 0.579. The third kappa shape index (κ3) is 2.21. The number of likely N-dealkylation sites (tertiary alicyclic amines) is 1. The highest BCUT2D eigenvalue weighted by Gasteiger charge is 2.21. The fourth-order valence-corrected chi connectivity index (χ4v) is 2.23. The van der Waals surface area contributed by atoms with Gasteiger partial charge in [-0.05, 0) is 39.0 Å². The van der Waals surface area contributed by atoms with E-state index in [0.29, 0.717) is 12.5 Å². The molecule has 0 atom stereocenters. The molecule has 1 aromatic heterocycles. The van der Waals surface area contributed by atoms with Gasteiger partial charge in [0, 0.05) is 19.5 Å². The average molecular weight is 208 g/mol. The van der Waals surface area contributed by atoms with Gasteiger partial charge < -0.3 is 10.6 Å². The van der Waals surface area contributed by atoms with Crippen molar-refractivity contribution in [3.63, 3.8) is 0 Å². The van der Waals surface area contributed by atoms with Crippen molar-refractivity contribution in [3.05, 3.63) is 17.5 Å². The molecule has 0 aliphatic carbocycles. The van der Waals surface area contributed by atoms with Gasteiger partial charge in [0.2, 0.25) is 0 Å². The number of nitrogens with two attached hydrogens (primary N) is 1. The van der Waals surface area contributed by atoms with Gasteiger partial charge >= 0.3 is 0 Å². The first-order chi connectivity index (χ1) is 7.20. The molecule has 2 heterocycles. The molecule has 1 fully saturated rings. The molecule has 1 aromatic rings. The van der Waals surface area contributed by atoms with Crippen molar-refractivity contribution in [2.45, 2.75) is 25.3 Å². The molecule has 0 saturated carbocycles. The maximum Gasteiger partial charge on any atom is 0.0659 e. The van der Waals surface area contributed by atoms with Crippen LogP contribution < -0.4 is 5.73 Å². The molecule has 1 saturated heterocycles. The molecule has 0 amide bonds. The van der Waals surface area contributed by atoms with Gasteiger partial charge in [0.1, 0.15) is 0 Å². The molecule has 0 bridgehead atoms. The first kappa shape index (κ1) is 10.6. The number of hydrogen-bond donors (Lipinski definition) is 1.